The Kier molecular flexibility index (Phi) is 5.77. The largest absolute Gasteiger partial charge is 0.388 e. The van der Waals surface area contributed by atoms with Crippen LogP contribution in [0.5, 0.6) is 0 Å². The van der Waals surface area contributed by atoms with Gasteiger partial charge in [0.1, 0.15) is 0 Å². The van der Waals surface area contributed by atoms with Gasteiger partial charge in [-0.1, -0.05) is 26.0 Å². The van der Waals surface area contributed by atoms with Gasteiger partial charge in [0.2, 0.25) is 5.91 Å². The molecule has 0 saturated carbocycles. The number of aliphatic hydroxyl groups is 1. The summed E-state index contributed by atoms with van der Waals surface area (Å²) in [5.41, 5.74) is 1.12. The van der Waals surface area contributed by atoms with E-state index < -0.39 is 5.60 Å². The van der Waals surface area contributed by atoms with Crippen molar-refractivity contribution in [1.29, 1.82) is 0 Å². The number of aromatic nitrogens is 2. The molecule has 1 aromatic carbocycles. The molecular weight excluding hydrogens is 290 g/mol. The summed E-state index contributed by atoms with van der Waals surface area (Å²) in [7, 11) is 0. The monoisotopic (exact) mass is 317 g/mol. The van der Waals surface area contributed by atoms with Gasteiger partial charge in [0, 0.05) is 19.5 Å². The summed E-state index contributed by atoms with van der Waals surface area (Å²) in [4.78, 5) is 16.3. The number of fused-ring (bicyclic) bond motifs is 1. The van der Waals surface area contributed by atoms with Gasteiger partial charge in [-0.25, -0.2) is 4.98 Å². The van der Waals surface area contributed by atoms with Crippen molar-refractivity contribution < 1.29 is 9.90 Å². The molecule has 5 nitrogen and oxygen atoms in total. The van der Waals surface area contributed by atoms with Crippen molar-refractivity contribution in [2.24, 2.45) is 5.92 Å². The van der Waals surface area contributed by atoms with Crippen LogP contribution in [-0.4, -0.2) is 32.7 Å². The number of hydrogen-bond donors (Lipinski definition) is 2. The minimum Gasteiger partial charge on any atom is -0.388 e. The van der Waals surface area contributed by atoms with Crippen LogP contribution >= 0.6 is 0 Å². The molecule has 2 aromatic rings. The number of aryl methyl sites for hydroxylation is 1. The Morgan fingerprint density at radius 3 is 2.87 bits per heavy atom. The first-order valence-corrected chi connectivity index (χ1v) is 8.26. The molecule has 1 unspecified atom stereocenters. The second kappa shape index (κ2) is 7.59. The fourth-order valence-electron chi connectivity index (χ4n) is 2.48. The fourth-order valence-corrected chi connectivity index (χ4v) is 2.48. The van der Waals surface area contributed by atoms with Crippen LogP contribution in [0.25, 0.3) is 11.0 Å². The highest BCUT2D eigenvalue weighted by molar-refractivity contribution is 5.77. The lowest BCUT2D eigenvalue weighted by molar-refractivity contribution is -0.122. The molecule has 23 heavy (non-hydrogen) atoms. The molecule has 1 aromatic heterocycles. The summed E-state index contributed by atoms with van der Waals surface area (Å²) in [6.45, 7) is 6.91. The molecule has 0 aliphatic rings. The summed E-state index contributed by atoms with van der Waals surface area (Å²) >= 11 is 0. The van der Waals surface area contributed by atoms with E-state index >= 15 is 0 Å². The van der Waals surface area contributed by atoms with E-state index in [9.17, 15) is 9.90 Å². The van der Waals surface area contributed by atoms with Crippen molar-refractivity contribution in [3.63, 3.8) is 0 Å². The van der Waals surface area contributed by atoms with Crippen molar-refractivity contribution >= 4 is 16.9 Å². The number of nitrogens with one attached hydrogen (secondary N) is 1. The highest BCUT2D eigenvalue weighted by Crippen LogP contribution is 2.16. The van der Waals surface area contributed by atoms with Crippen molar-refractivity contribution in [3.8, 4) is 0 Å². The number of rotatable bonds is 8. The number of benzene rings is 1. The van der Waals surface area contributed by atoms with Crippen LogP contribution in [0.2, 0.25) is 0 Å². The molecule has 2 rings (SSSR count). The van der Waals surface area contributed by atoms with Crippen molar-refractivity contribution in [2.45, 2.75) is 52.2 Å². The summed E-state index contributed by atoms with van der Waals surface area (Å²) in [5, 5.41) is 13.1. The molecule has 0 radical (unpaired) electrons. The van der Waals surface area contributed by atoms with Gasteiger partial charge in [-0.05, 0) is 37.8 Å². The standard InChI is InChI=1S/C18H27N3O2/c1-14(2)8-10-18(3,23)12-19-17(22)9-11-21-13-20-15-6-4-5-7-16(15)21/h4-7,13-14,23H,8-12H2,1-3H3,(H,19,22). The van der Waals surface area contributed by atoms with Gasteiger partial charge in [0.15, 0.2) is 0 Å². The predicted molar refractivity (Wildman–Crippen MR) is 92.1 cm³/mol. The van der Waals surface area contributed by atoms with Crippen LogP contribution in [0.4, 0.5) is 0 Å². The van der Waals surface area contributed by atoms with E-state index in [0.29, 0.717) is 31.8 Å². The molecule has 0 fully saturated rings. The minimum atomic E-state index is -0.846. The molecule has 0 aliphatic carbocycles. The molecule has 1 heterocycles. The normalized spacial score (nSPS) is 14.1. The van der Waals surface area contributed by atoms with Crippen molar-refractivity contribution in [1.82, 2.24) is 14.9 Å². The molecule has 5 heteroatoms. The van der Waals surface area contributed by atoms with E-state index in [4.69, 9.17) is 0 Å². The van der Waals surface area contributed by atoms with E-state index in [2.05, 4.69) is 24.1 Å². The molecule has 0 saturated heterocycles. The molecule has 2 N–H and O–H groups in total. The SMILES string of the molecule is CC(C)CCC(C)(O)CNC(=O)CCn1cnc2ccccc21. The Morgan fingerprint density at radius 2 is 2.13 bits per heavy atom. The Morgan fingerprint density at radius 1 is 1.39 bits per heavy atom. The maximum Gasteiger partial charge on any atom is 0.221 e. The lowest BCUT2D eigenvalue weighted by Gasteiger charge is -2.24. The van der Waals surface area contributed by atoms with E-state index in [1.54, 1.807) is 13.3 Å². The lowest BCUT2D eigenvalue weighted by Crippen LogP contribution is -2.41. The van der Waals surface area contributed by atoms with Gasteiger partial charge >= 0.3 is 0 Å². The van der Waals surface area contributed by atoms with Crippen LogP contribution in [0.3, 0.4) is 0 Å². The average Bonchev–Trinajstić information content (AvgIpc) is 2.92. The average molecular weight is 317 g/mol. The molecule has 1 atom stereocenters. The third-order valence-corrected chi connectivity index (χ3v) is 4.03. The fraction of sp³-hybridized carbons (Fsp3) is 0.556. The number of imidazole rings is 1. The second-order valence-electron chi connectivity index (χ2n) is 6.88. The van der Waals surface area contributed by atoms with Gasteiger partial charge in [-0.15, -0.1) is 0 Å². The second-order valence-corrected chi connectivity index (χ2v) is 6.88. The Bertz CT molecular complexity index is 647. The number of para-hydroxylation sites is 2. The van der Waals surface area contributed by atoms with Gasteiger partial charge in [0.25, 0.3) is 0 Å². The van der Waals surface area contributed by atoms with Crippen molar-refractivity contribution in [2.75, 3.05) is 6.54 Å². The Balaban J connectivity index is 1.79. The van der Waals surface area contributed by atoms with Crippen LogP contribution < -0.4 is 5.32 Å². The van der Waals surface area contributed by atoms with Crippen LogP contribution in [0, 0.1) is 5.92 Å². The maximum absolute atomic E-state index is 12.0. The zero-order valence-corrected chi connectivity index (χ0v) is 14.2. The number of hydrogen-bond acceptors (Lipinski definition) is 3. The third kappa shape index (κ3) is 5.36. The molecule has 126 valence electrons. The molecule has 1 amide bonds. The van der Waals surface area contributed by atoms with E-state index in [1.165, 1.54) is 0 Å². The molecular formula is C18H27N3O2. The number of carbonyl (C=O) groups is 1. The highest BCUT2D eigenvalue weighted by atomic mass is 16.3. The Hall–Kier alpha value is -1.88. The summed E-state index contributed by atoms with van der Waals surface area (Å²) in [6, 6.07) is 7.87. The van der Waals surface area contributed by atoms with Gasteiger partial charge in [-0.2, -0.15) is 0 Å². The zero-order valence-electron chi connectivity index (χ0n) is 14.2. The van der Waals surface area contributed by atoms with E-state index in [0.717, 1.165) is 17.5 Å². The number of nitrogens with zero attached hydrogens (tertiary/aromatic N) is 2. The summed E-state index contributed by atoms with van der Waals surface area (Å²) < 4.78 is 1.98. The quantitative estimate of drug-likeness (QED) is 0.786. The Labute approximate surface area is 137 Å². The van der Waals surface area contributed by atoms with E-state index in [-0.39, 0.29) is 5.91 Å². The molecule has 0 aliphatic heterocycles. The smallest absolute Gasteiger partial charge is 0.221 e. The van der Waals surface area contributed by atoms with Gasteiger partial charge in [0.05, 0.1) is 23.0 Å². The summed E-state index contributed by atoms with van der Waals surface area (Å²) in [6.07, 6.45) is 3.78. The molecule has 0 bridgehead atoms. The topological polar surface area (TPSA) is 67.2 Å². The van der Waals surface area contributed by atoms with Crippen LogP contribution in [-0.2, 0) is 11.3 Å². The first-order valence-electron chi connectivity index (χ1n) is 8.26. The minimum absolute atomic E-state index is 0.0485. The van der Waals surface area contributed by atoms with Crippen LogP contribution in [0.1, 0.15) is 40.0 Å². The summed E-state index contributed by atoms with van der Waals surface area (Å²) in [5.74, 6) is 0.499. The highest BCUT2D eigenvalue weighted by Gasteiger charge is 2.21. The van der Waals surface area contributed by atoms with Gasteiger partial charge in [-0.3, -0.25) is 4.79 Å². The lowest BCUT2D eigenvalue weighted by atomic mass is 9.95. The van der Waals surface area contributed by atoms with E-state index in [1.807, 2.05) is 28.8 Å². The van der Waals surface area contributed by atoms with Gasteiger partial charge < -0.3 is 15.0 Å². The third-order valence-electron chi connectivity index (χ3n) is 4.03. The predicted octanol–water partition coefficient (Wildman–Crippen LogP) is 2.73. The molecule has 0 spiro atoms. The van der Waals surface area contributed by atoms with Crippen molar-refractivity contribution in [3.05, 3.63) is 30.6 Å². The van der Waals surface area contributed by atoms with Crippen LogP contribution in [0.15, 0.2) is 30.6 Å². The zero-order chi connectivity index (χ0) is 16.9. The first kappa shape index (κ1) is 17.5. The number of amides is 1. The maximum atomic E-state index is 12.0. The number of carbonyl (C=O) groups excluding carboxylic acids is 1. The first-order chi connectivity index (χ1) is 10.9.